The van der Waals surface area contributed by atoms with E-state index in [1.54, 1.807) is 0 Å². The van der Waals surface area contributed by atoms with Gasteiger partial charge in [-0.2, -0.15) is 5.26 Å². The molecular formula is C16H15ClN2. The van der Waals surface area contributed by atoms with Crippen molar-refractivity contribution in [2.24, 2.45) is 0 Å². The van der Waals surface area contributed by atoms with Gasteiger partial charge in [0, 0.05) is 10.7 Å². The van der Waals surface area contributed by atoms with Crippen molar-refractivity contribution in [1.82, 2.24) is 0 Å². The summed E-state index contributed by atoms with van der Waals surface area (Å²) in [5, 5.41) is 13.0. The summed E-state index contributed by atoms with van der Waals surface area (Å²) < 4.78 is 0. The van der Waals surface area contributed by atoms with Crippen molar-refractivity contribution in [3.8, 4) is 6.07 Å². The summed E-state index contributed by atoms with van der Waals surface area (Å²) in [6.45, 7) is 2.13. The van der Waals surface area contributed by atoms with Crippen molar-refractivity contribution in [3.63, 3.8) is 0 Å². The first-order valence-corrected chi connectivity index (χ1v) is 6.63. The number of nitrogens with one attached hydrogen (secondary N) is 1. The van der Waals surface area contributed by atoms with E-state index in [4.69, 9.17) is 16.9 Å². The van der Waals surface area contributed by atoms with Gasteiger partial charge in [0.2, 0.25) is 0 Å². The zero-order valence-electron chi connectivity index (χ0n) is 10.7. The normalized spacial score (nSPS) is 11.6. The lowest BCUT2D eigenvalue weighted by Crippen LogP contribution is -2.09. The summed E-state index contributed by atoms with van der Waals surface area (Å²) in [4.78, 5) is 0. The van der Waals surface area contributed by atoms with Gasteiger partial charge in [0.1, 0.15) is 0 Å². The van der Waals surface area contributed by atoms with Gasteiger partial charge in [0.25, 0.3) is 0 Å². The molecule has 2 rings (SSSR count). The van der Waals surface area contributed by atoms with Gasteiger partial charge in [0.15, 0.2) is 0 Å². The monoisotopic (exact) mass is 270 g/mol. The van der Waals surface area contributed by atoms with Crippen molar-refractivity contribution in [2.45, 2.75) is 19.4 Å². The van der Waals surface area contributed by atoms with Crippen LogP contribution in [-0.2, 0) is 0 Å². The van der Waals surface area contributed by atoms with Crippen LogP contribution < -0.4 is 5.32 Å². The Hall–Kier alpha value is -1.98. The van der Waals surface area contributed by atoms with Crippen molar-refractivity contribution in [2.75, 3.05) is 5.32 Å². The summed E-state index contributed by atoms with van der Waals surface area (Å²) in [6, 6.07) is 17.7. The molecule has 1 atom stereocenters. The number of anilines is 1. The van der Waals surface area contributed by atoms with Crippen LogP contribution in [0.1, 0.15) is 30.5 Å². The number of nitrogens with zero attached hydrogens (tertiary/aromatic N) is 1. The maximum absolute atomic E-state index is 8.78. The van der Waals surface area contributed by atoms with E-state index >= 15 is 0 Å². The Bertz CT molecular complexity index is 584. The molecule has 1 N–H and O–H groups in total. The fraction of sp³-hybridized carbons (Fsp3) is 0.188. The molecule has 0 spiro atoms. The molecule has 19 heavy (non-hydrogen) atoms. The van der Waals surface area contributed by atoms with Gasteiger partial charge in [0.05, 0.1) is 17.7 Å². The van der Waals surface area contributed by atoms with E-state index in [0.717, 1.165) is 17.1 Å². The Morgan fingerprint density at radius 1 is 1.21 bits per heavy atom. The van der Waals surface area contributed by atoms with E-state index in [1.165, 1.54) is 5.56 Å². The number of halogens is 1. The molecule has 0 bridgehead atoms. The van der Waals surface area contributed by atoms with Crippen LogP contribution in [0.2, 0.25) is 5.02 Å². The molecule has 2 aromatic rings. The standard InChI is InChI=1S/C16H15ClN2/c1-2-16(13-4-3-5-14(17)10-13)19-15-8-6-12(11-18)7-9-15/h3-10,16,19H,2H2,1H3. The SMILES string of the molecule is CCC(Nc1ccc(C#N)cc1)c1cccc(Cl)c1. The summed E-state index contributed by atoms with van der Waals surface area (Å²) >= 11 is 6.02. The molecule has 2 aromatic carbocycles. The van der Waals surface area contributed by atoms with E-state index in [9.17, 15) is 0 Å². The first-order valence-electron chi connectivity index (χ1n) is 6.25. The van der Waals surface area contributed by atoms with Crippen LogP contribution >= 0.6 is 11.6 Å². The summed E-state index contributed by atoms with van der Waals surface area (Å²) in [5.74, 6) is 0. The minimum absolute atomic E-state index is 0.214. The zero-order chi connectivity index (χ0) is 13.7. The third-order valence-electron chi connectivity index (χ3n) is 3.01. The Labute approximate surface area is 118 Å². The molecule has 0 aliphatic heterocycles. The van der Waals surface area contributed by atoms with Gasteiger partial charge >= 0.3 is 0 Å². The molecule has 0 fully saturated rings. The molecule has 0 aliphatic carbocycles. The number of benzene rings is 2. The smallest absolute Gasteiger partial charge is 0.0991 e. The van der Waals surface area contributed by atoms with Gasteiger partial charge in [-0.05, 0) is 48.4 Å². The second-order valence-corrected chi connectivity index (χ2v) is 4.79. The van der Waals surface area contributed by atoms with Gasteiger partial charge in [-0.1, -0.05) is 30.7 Å². The van der Waals surface area contributed by atoms with Crippen LogP contribution in [0.4, 0.5) is 5.69 Å². The predicted octanol–water partition coefficient (Wildman–Crippen LogP) is 4.77. The Morgan fingerprint density at radius 3 is 2.53 bits per heavy atom. The molecule has 0 saturated carbocycles. The van der Waals surface area contributed by atoms with Gasteiger partial charge in [-0.3, -0.25) is 0 Å². The zero-order valence-corrected chi connectivity index (χ0v) is 11.5. The minimum Gasteiger partial charge on any atom is -0.378 e. The molecule has 96 valence electrons. The number of nitriles is 1. The van der Waals surface area contributed by atoms with Crippen molar-refractivity contribution >= 4 is 17.3 Å². The Kier molecular flexibility index (Phi) is 4.43. The van der Waals surface area contributed by atoms with Crippen LogP contribution in [0.15, 0.2) is 48.5 Å². The molecule has 0 aliphatic rings. The molecule has 0 amide bonds. The fourth-order valence-corrected chi connectivity index (χ4v) is 2.19. The third kappa shape index (κ3) is 3.49. The van der Waals surface area contributed by atoms with Crippen LogP contribution in [0.3, 0.4) is 0 Å². The quantitative estimate of drug-likeness (QED) is 0.868. The van der Waals surface area contributed by atoms with Crippen molar-refractivity contribution < 1.29 is 0 Å². The molecule has 0 radical (unpaired) electrons. The van der Waals surface area contributed by atoms with Gasteiger partial charge < -0.3 is 5.32 Å². The molecule has 2 nitrogen and oxygen atoms in total. The van der Waals surface area contributed by atoms with Crippen LogP contribution in [0.5, 0.6) is 0 Å². The first-order chi connectivity index (χ1) is 9.22. The Morgan fingerprint density at radius 2 is 1.95 bits per heavy atom. The van der Waals surface area contributed by atoms with E-state index in [2.05, 4.69) is 24.4 Å². The second-order valence-electron chi connectivity index (χ2n) is 4.35. The molecular weight excluding hydrogens is 256 g/mol. The lowest BCUT2D eigenvalue weighted by Gasteiger charge is -2.19. The van der Waals surface area contributed by atoms with Crippen LogP contribution in [-0.4, -0.2) is 0 Å². The number of rotatable bonds is 4. The third-order valence-corrected chi connectivity index (χ3v) is 3.25. The van der Waals surface area contributed by atoms with Crippen LogP contribution in [0.25, 0.3) is 0 Å². The predicted molar refractivity (Wildman–Crippen MR) is 79.3 cm³/mol. The average molecular weight is 271 g/mol. The van der Waals surface area contributed by atoms with E-state index in [-0.39, 0.29) is 6.04 Å². The number of hydrogen-bond acceptors (Lipinski definition) is 2. The molecule has 1 unspecified atom stereocenters. The largest absolute Gasteiger partial charge is 0.378 e. The summed E-state index contributed by atoms with van der Waals surface area (Å²) in [7, 11) is 0. The summed E-state index contributed by atoms with van der Waals surface area (Å²) in [5.41, 5.74) is 2.84. The molecule has 0 saturated heterocycles. The average Bonchev–Trinajstić information content (AvgIpc) is 2.45. The highest BCUT2D eigenvalue weighted by molar-refractivity contribution is 6.30. The minimum atomic E-state index is 0.214. The highest BCUT2D eigenvalue weighted by atomic mass is 35.5. The molecule has 0 heterocycles. The maximum atomic E-state index is 8.78. The molecule has 3 heteroatoms. The maximum Gasteiger partial charge on any atom is 0.0991 e. The Balaban J connectivity index is 2.17. The lowest BCUT2D eigenvalue weighted by atomic mass is 10.0. The second kappa shape index (κ2) is 6.26. The molecule has 0 aromatic heterocycles. The van der Waals surface area contributed by atoms with Gasteiger partial charge in [-0.25, -0.2) is 0 Å². The van der Waals surface area contributed by atoms with E-state index in [1.807, 2.05) is 42.5 Å². The number of hydrogen-bond donors (Lipinski definition) is 1. The highest BCUT2D eigenvalue weighted by Gasteiger charge is 2.09. The van der Waals surface area contributed by atoms with Crippen LogP contribution in [0, 0.1) is 11.3 Å². The van der Waals surface area contributed by atoms with Crippen molar-refractivity contribution in [1.29, 1.82) is 5.26 Å². The van der Waals surface area contributed by atoms with Crippen molar-refractivity contribution in [3.05, 3.63) is 64.7 Å². The van der Waals surface area contributed by atoms with Gasteiger partial charge in [-0.15, -0.1) is 0 Å². The fourth-order valence-electron chi connectivity index (χ4n) is 1.99. The van der Waals surface area contributed by atoms with E-state index < -0.39 is 0 Å². The highest BCUT2D eigenvalue weighted by Crippen LogP contribution is 2.24. The first kappa shape index (κ1) is 13.5. The topological polar surface area (TPSA) is 35.8 Å². The summed E-state index contributed by atoms with van der Waals surface area (Å²) in [6.07, 6.45) is 0.959. The van der Waals surface area contributed by atoms with E-state index in [0.29, 0.717) is 5.56 Å². The lowest BCUT2D eigenvalue weighted by molar-refractivity contribution is 0.749.